The van der Waals surface area contributed by atoms with Gasteiger partial charge < -0.3 is 14.6 Å². The van der Waals surface area contributed by atoms with Crippen molar-refractivity contribution < 1.29 is 42.2 Å². The number of hydrogen-bond acceptors (Lipinski definition) is 9. The topological polar surface area (TPSA) is 120 Å². The van der Waals surface area contributed by atoms with Gasteiger partial charge in [-0.2, -0.15) is 0 Å². The number of para-hydroxylation sites is 1. The van der Waals surface area contributed by atoms with Crippen LogP contribution in [0.25, 0.3) is 0 Å². The average Bonchev–Trinajstić information content (AvgIpc) is 2.97. The molecule has 0 bridgehead atoms. The molecule has 0 aliphatic carbocycles. The summed E-state index contributed by atoms with van der Waals surface area (Å²) in [5, 5.41) is 12.4. The van der Waals surface area contributed by atoms with Crippen LogP contribution in [0.15, 0.2) is 30.3 Å². The van der Waals surface area contributed by atoms with E-state index in [1.54, 1.807) is 30.3 Å². The van der Waals surface area contributed by atoms with Crippen LogP contribution < -0.4 is 5.09 Å². The number of thioether (sulfide) groups is 1. The highest BCUT2D eigenvalue weighted by Gasteiger charge is 2.52. The molecule has 186 valence electrons. The van der Waals surface area contributed by atoms with Crippen molar-refractivity contribution in [3.63, 3.8) is 0 Å². The van der Waals surface area contributed by atoms with Crippen LogP contribution in [0.5, 0.6) is 0 Å². The molecule has 2 rings (SSSR count). The van der Waals surface area contributed by atoms with Gasteiger partial charge in [-0.05, 0) is 39.8 Å². The van der Waals surface area contributed by atoms with E-state index in [1.807, 2.05) is 0 Å². The van der Waals surface area contributed by atoms with Crippen molar-refractivity contribution in [2.45, 2.75) is 51.7 Å². The second-order valence-corrected chi connectivity index (χ2v) is 11.1. The molecule has 0 saturated carbocycles. The molecule has 1 aliphatic rings. The lowest BCUT2D eigenvalue weighted by atomic mass is 9.96. The van der Waals surface area contributed by atoms with Gasteiger partial charge in [-0.3, -0.25) is 23.7 Å². The molecule has 5 atom stereocenters. The summed E-state index contributed by atoms with van der Waals surface area (Å²) >= 11 is 0.834. The number of esters is 1. The highest BCUT2D eigenvalue weighted by molar-refractivity contribution is 8.13. The van der Waals surface area contributed by atoms with Crippen LogP contribution in [0.3, 0.4) is 0 Å². The molecule has 1 saturated heterocycles. The summed E-state index contributed by atoms with van der Waals surface area (Å²) in [5.41, 5.74) is -2.86. The Morgan fingerprint density at radius 2 is 1.94 bits per heavy atom. The number of benzene rings is 1. The van der Waals surface area contributed by atoms with E-state index in [0.717, 1.165) is 11.8 Å². The van der Waals surface area contributed by atoms with Crippen LogP contribution >= 0.6 is 19.5 Å². The van der Waals surface area contributed by atoms with Crippen molar-refractivity contribution in [3.8, 4) is 0 Å². The maximum Gasteiger partial charge on any atom is 0.432 e. The molecule has 1 heterocycles. The van der Waals surface area contributed by atoms with Crippen LogP contribution in [0.4, 0.5) is 10.1 Å². The molecule has 12 heteroatoms. The van der Waals surface area contributed by atoms with Crippen molar-refractivity contribution in [2.75, 3.05) is 31.2 Å². The molecule has 1 aliphatic heterocycles. The predicted molar refractivity (Wildman–Crippen MR) is 123 cm³/mol. The van der Waals surface area contributed by atoms with Gasteiger partial charge in [0.25, 0.3) is 0 Å². The summed E-state index contributed by atoms with van der Waals surface area (Å²) in [5.74, 6) is -0.574. The zero-order valence-electron chi connectivity index (χ0n) is 19.3. The molecule has 0 amide bonds. The molecular formula is C21H31FNO8PS. The number of rotatable bonds is 11. The number of aliphatic hydroxyl groups excluding tert-OH is 1. The van der Waals surface area contributed by atoms with Gasteiger partial charge in [-0.25, -0.2) is 8.96 Å². The highest BCUT2D eigenvalue weighted by Crippen LogP contribution is 2.49. The Labute approximate surface area is 197 Å². The zero-order chi connectivity index (χ0) is 24.9. The molecule has 0 radical (unpaired) electrons. The Morgan fingerprint density at radius 1 is 1.30 bits per heavy atom. The fourth-order valence-electron chi connectivity index (χ4n) is 2.96. The minimum absolute atomic E-state index is 0.0885. The van der Waals surface area contributed by atoms with E-state index in [4.69, 9.17) is 13.8 Å². The van der Waals surface area contributed by atoms with E-state index in [2.05, 4.69) is 9.82 Å². The first kappa shape index (κ1) is 27.8. The van der Waals surface area contributed by atoms with Gasteiger partial charge in [-0.15, -0.1) is 0 Å². The number of ether oxygens (including phenoxy) is 2. The number of alkyl halides is 1. The number of methoxy groups -OCH3 is 1. The van der Waals surface area contributed by atoms with Crippen LogP contribution in [0, 0.1) is 5.41 Å². The van der Waals surface area contributed by atoms with E-state index in [-0.39, 0.29) is 19.0 Å². The van der Waals surface area contributed by atoms with Gasteiger partial charge in [0.2, 0.25) is 5.12 Å². The van der Waals surface area contributed by atoms with Crippen molar-refractivity contribution in [3.05, 3.63) is 30.3 Å². The lowest BCUT2D eigenvalue weighted by molar-refractivity contribution is -0.153. The minimum atomic E-state index is -3.99. The first-order chi connectivity index (χ1) is 15.3. The first-order valence-electron chi connectivity index (χ1n) is 10.3. The molecule has 9 nitrogen and oxygen atoms in total. The van der Waals surface area contributed by atoms with Gasteiger partial charge in [0.15, 0.2) is 5.67 Å². The number of aliphatic hydroxyl groups is 1. The highest BCUT2D eigenvalue weighted by atomic mass is 32.2. The van der Waals surface area contributed by atoms with Gasteiger partial charge >= 0.3 is 13.7 Å². The number of hydrogen-bond donors (Lipinski definition) is 2. The summed E-state index contributed by atoms with van der Waals surface area (Å²) in [7, 11) is -2.79. The molecule has 1 aromatic carbocycles. The Bertz CT molecular complexity index is 869. The second kappa shape index (κ2) is 11.3. The summed E-state index contributed by atoms with van der Waals surface area (Å²) in [6.07, 6.45) is -3.38. The standard InChI is InChI=1S/C21H31FNO8PS/c1-14-21(4,22)17(24)16(31-14)13-30-32(27,23-15-9-7-6-8-10-15)29-11-12-33-19(26)20(2,3)18(25)28-5/h6-10,14,16-17,24H,11-13H2,1-5H3,(H,23,27)/t14-,16+,17+,21-,32?/m0/s1. The maximum atomic E-state index is 14.5. The summed E-state index contributed by atoms with van der Waals surface area (Å²) < 4.78 is 48.8. The van der Waals surface area contributed by atoms with Gasteiger partial charge in [-0.1, -0.05) is 30.0 Å². The maximum absolute atomic E-state index is 14.5. The largest absolute Gasteiger partial charge is 0.468 e. The van der Waals surface area contributed by atoms with Crippen LogP contribution in [-0.4, -0.2) is 66.2 Å². The molecule has 1 unspecified atom stereocenters. The number of nitrogens with one attached hydrogen (secondary N) is 1. The van der Waals surface area contributed by atoms with Crippen LogP contribution in [0.2, 0.25) is 0 Å². The summed E-state index contributed by atoms with van der Waals surface area (Å²) in [6.45, 7) is 5.08. The molecular weight excluding hydrogens is 476 g/mol. The number of carbonyl (C=O) groups is 2. The predicted octanol–water partition coefficient (Wildman–Crippen LogP) is 3.58. The van der Waals surface area contributed by atoms with Gasteiger partial charge in [0.05, 0.1) is 26.4 Å². The van der Waals surface area contributed by atoms with Crippen molar-refractivity contribution in [2.24, 2.45) is 5.41 Å². The van der Waals surface area contributed by atoms with Gasteiger partial charge in [0.1, 0.15) is 17.6 Å². The fraction of sp³-hybridized carbons (Fsp3) is 0.619. The van der Waals surface area contributed by atoms with Crippen molar-refractivity contribution in [1.29, 1.82) is 0 Å². The number of halogens is 1. The Kier molecular flexibility index (Phi) is 9.50. The Hall–Kier alpha value is -1.49. The van der Waals surface area contributed by atoms with Crippen LogP contribution in [0.1, 0.15) is 27.7 Å². The van der Waals surface area contributed by atoms with Gasteiger partial charge in [0, 0.05) is 11.4 Å². The quantitative estimate of drug-likeness (QED) is 0.199. The SMILES string of the molecule is COC(=O)C(C)(C)C(=O)SCCOP(=O)(Nc1ccccc1)OC[C@H]1O[C@@H](C)[C@](C)(F)[C@@H]1O. The minimum Gasteiger partial charge on any atom is -0.468 e. The Balaban J connectivity index is 2.00. The van der Waals surface area contributed by atoms with Crippen molar-refractivity contribution in [1.82, 2.24) is 0 Å². The average molecular weight is 508 g/mol. The summed E-state index contributed by atoms with van der Waals surface area (Å²) in [6, 6.07) is 8.51. The lowest BCUT2D eigenvalue weighted by Crippen LogP contribution is -2.41. The molecule has 1 fully saturated rings. The fourth-order valence-corrected chi connectivity index (χ4v) is 5.22. The second-order valence-electron chi connectivity index (χ2n) is 8.27. The lowest BCUT2D eigenvalue weighted by Gasteiger charge is -2.24. The number of carbonyl (C=O) groups excluding carboxylic acids is 2. The normalized spacial score (nSPS) is 27.1. The van der Waals surface area contributed by atoms with E-state index in [1.165, 1.54) is 34.8 Å². The molecule has 2 N–H and O–H groups in total. The zero-order valence-corrected chi connectivity index (χ0v) is 21.0. The molecule has 0 aromatic heterocycles. The molecule has 1 aromatic rings. The first-order valence-corrected chi connectivity index (χ1v) is 12.9. The van der Waals surface area contributed by atoms with E-state index in [0.29, 0.717) is 5.69 Å². The third kappa shape index (κ3) is 7.00. The smallest absolute Gasteiger partial charge is 0.432 e. The number of anilines is 1. The van der Waals surface area contributed by atoms with Crippen LogP contribution in [-0.2, 0) is 32.7 Å². The molecule has 0 spiro atoms. The monoisotopic (exact) mass is 507 g/mol. The third-order valence-corrected chi connectivity index (χ3v) is 8.02. The third-order valence-electron chi connectivity index (χ3n) is 5.34. The summed E-state index contributed by atoms with van der Waals surface area (Å²) in [4.78, 5) is 24.1. The molecule has 33 heavy (non-hydrogen) atoms. The van der Waals surface area contributed by atoms with E-state index >= 15 is 0 Å². The Morgan fingerprint density at radius 3 is 2.48 bits per heavy atom. The van der Waals surface area contributed by atoms with Crippen molar-refractivity contribution >= 4 is 36.3 Å². The van der Waals surface area contributed by atoms with E-state index < -0.39 is 48.2 Å². The van der Waals surface area contributed by atoms with E-state index in [9.17, 15) is 23.7 Å².